The molecule has 12 heteroatoms. The van der Waals surface area contributed by atoms with Crippen molar-refractivity contribution in [3.05, 3.63) is 70.1 Å². The van der Waals surface area contributed by atoms with Gasteiger partial charge in [0, 0.05) is 29.2 Å². The lowest BCUT2D eigenvalue weighted by atomic mass is 9.98. The average molecular weight is 510 g/mol. The number of aromatic amines is 1. The number of amides is 1. The first-order valence-corrected chi connectivity index (χ1v) is 11.1. The van der Waals surface area contributed by atoms with Gasteiger partial charge in [-0.1, -0.05) is 17.3 Å². The number of hydrogen-bond donors (Lipinski definition) is 2. The molecule has 3 N–H and O–H groups in total. The summed E-state index contributed by atoms with van der Waals surface area (Å²) in [5, 5.41) is 4.41. The van der Waals surface area contributed by atoms with Crippen molar-refractivity contribution in [1.82, 2.24) is 19.7 Å². The first-order chi connectivity index (χ1) is 17.5. The van der Waals surface area contributed by atoms with E-state index in [1.165, 1.54) is 24.4 Å². The number of carbonyl (C=O) groups excluding carboxylic acids is 1. The number of primary amides is 1. The van der Waals surface area contributed by atoms with Crippen LogP contribution < -0.4 is 16.3 Å². The first kappa shape index (κ1) is 24.1. The number of pyridine rings is 1. The number of aromatic nitrogens is 4. The normalized spacial score (nSPS) is 11.9. The molecule has 0 unspecified atom stereocenters. The molecule has 0 fully saturated rings. The number of nitrogens with two attached hydrogens (primary N) is 1. The molecule has 3 heterocycles. The molecule has 5 rings (SSSR count). The number of alkyl halides is 3. The summed E-state index contributed by atoms with van der Waals surface area (Å²) in [4.78, 5) is 33.4. The summed E-state index contributed by atoms with van der Waals surface area (Å²) in [6.07, 6.45) is -3.29. The summed E-state index contributed by atoms with van der Waals surface area (Å²) >= 11 is 0. The molecule has 0 aliphatic carbocycles. The minimum absolute atomic E-state index is 0.137. The number of carbonyl (C=O) groups is 1. The lowest BCUT2D eigenvalue weighted by Gasteiger charge is -2.22. The van der Waals surface area contributed by atoms with Gasteiger partial charge in [-0.05, 0) is 38.1 Å². The van der Waals surface area contributed by atoms with Crippen LogP contribution in [0.2, 0.25) is 0 Å². The van der Waals surface area contributed by atoms with Crippen LogP contribution in [0.4, 0.5) is 18.9 Å². The zero-order valence-corrected chi connectivity index (χ0v) is 20.0. The summed E-state index contributed by atoms with van der Waals surface area (Å²) in [7, 11) is 1.66. The molecule has 1 amide bonds. The summed E-state index contributed by atoms with van der Waals surface area (Å²) in [6.45, 7) is 3.37. The molecule has 37 heavy (non-hydrogen) atoms. The van der Waals surface area contributed by atoms with Crippen molar-refractivity contribution in [2.75, 3.05) is 18.5 Å². The lowest BCUT2D eigenvalue weighted by Crippen LogP contribution is -2.30. The van der Waals surface area contributed by atoms with Crippen LogP contribution in [0.3, 0.4) is 0 Å². The maximum absolute atomic E-state index is 13.9. The highest BCUT2D eigenvalue weighted by molar-refractivity contribution is 6.07. The standard InChI is InChI=1S/C25H21F3N6O3/c1-12-22(13(2)37-32-12)15-8-17-14(9-20(15)33(3)11-21(29)35)23-18(10-30-17)31-24(36)34(23)19-7-5-4-6-16(19)25(26,27)28/h4-10H,11H2,1-3H3,(H2,29,35)(H,31,36). The number of H-pyrrole nitrogens is 1. The highest BCUT2D eigenvalue weighted by Gasteiger charge is 2.34. The van der Waals surface area contributed by atoms with Crippen LogP contribution in [-0.4, -0.2) is 39.2 Å². The number of para-hydroxylation sites is 1. The summed E-state index contributed by atoms with van der Waals surface area (Å²) in [5.41, 5.74) is 6.75. The van der Waals surface area contributed by atoms with Gasteiger partial charge in [0.05, 0.1) is 46.2 Å². The van der Waals surface area contributed by atoms with E-state index in [4.69, 9.17) is 10.3 Å². The van der Waals surface area contributed by atoms with E-state index >= 15 is 0 Å². The zero-order valence-electron chi connectivity index (χ0n) is 20.0. The number of likely N-dealkylation sites (N-methyl/N-ethyl adjacent to an activating group) is 1. The van der Waals surface area contributed by atoms with Crippen molar-refractivity contribution in [3.8, 4) is 16.8 Å². The van der Waals surface area contributed by atoms with E-state index in [0.29, 0.717) is 39.2 Å². The number of benzene rings is 2. The number of nitrogens with zero attached hydrogens (tertiary/aromatic N) is 4. The Hall–Kier alpha value is -4.61. The van der Waals surface area contributed by atoms with Crippen molar-refractivity contribution < 1.29 is 22.5 Å². The maximum Gasteiger partial charge on any atom is 0.418 e. The quantitative estimate of drug-likeness (QED) is 0.367. The van der Waals surface area contributed by atoms with Crippen molar-refractivity contribution >= 4 is 33.5 Å². The molecular formula is C25H21F3N6O3. The second kappa shape index (κ2) is 8.50. The van der Waals surface area contributed by atoms with Crippen LogP contribution in [0.25, 0.3) is 38.8 Å². The number of anilines is 1. The Morgan fingerprint density at radius 1 is 1.22 bits per heavy atom. The first-order valence-electron chi connectivity index (χ1n) is 11.1. The van der Waals surface area contributed by atoms with Crippen LogP contribution >= 0.6 is 0 Å². The Balaban J connectivity index is 1.90. The third-order valence-electron chi connectivity index (χ3n) is 6.18. The zero-order chi connectivity index (χ0) is 26.6. The van der Waals surface area contributed by atoms with Crippen LogP contribution in [0.1, 0.15) is 17.0 Å². The SMILES string of the molecule is Cc1noc(C)c1-c1cc2ncc3[nH]c(=O)n(-c4ccccc4C(F)(F)F)c3c2cc1N(C)CC(N)=O. The molecule has 0 spiro atoms. The van der Waals surface area contributed by atoms with Crippen molar-refractivity contribution in [2.24, 2.45) is 5.73 Å². The van der Waals surface area contributed by atoms with Crippen molar-refractivity contribution in [2.45, 2.75) is 20.0 Å². The van der Waals surface area contributed by atoms with E-state index < -0.39 is 23.3 Å². The number of halogens is 3. The Morgan fingerprint density at radius 2 is 1.95 bits per heavy atom. The Bertz CT molecular complexity index is 1730. The molecule has 190 valence electrons. The van der Waals surface area contributed by atoms with Gasteiger partial charge in [-0.25, -0.2) is 4.79 Å². The number of fused-ring (bicyclic) bond motifs is 3. The molecule has 3 aromatic heterocycles. The van der Waals surface area contributed by atoms with Crippen LogP contribution in [0.5, 0.6) is 0 Å². The van der Waals surface area contributed by atoms with E-state index in [-0.39, 0.29) is 23.3 Å². The molecule has 2 aromatic carbocycles. The molecule has 0 aliphatic rings. The monoisotopic (exact) mass is 510 g/mol. The fourth-order valence-corrected chi connectivity index (χ4v) is 4.66. The van der Waals surface area contributed by atoms with E-state index in [1.807, 2.05) is 0 Å². The number of aryl methyl sites for hydroxylation is 2. The van der Waals surface area contributed by atoms with Crippen LogP contribution in [0, 0.1) is 13.8 Å². The molecule has 0 radical (unpaired) electrons. The molecule has 0 saturated heterocycles. The molecule has 5 aromatic rings. The second-order valence-electron chi connectivity index (χ2n) is 8.71. The fourth-order valence-electron chi connectivity index (χ4n) is 4.66. The van der Waals surface area contributed by atoms with Gasteiger partial charge in [-0.2, -0.15) is 13.2 Å². The van der Waals surface area contributed by atoms with E-state index in [1.54, 1.807) is 37.9 Å². The van der Waals surface area contributed by atoms with Gasteiger partial charge < -0.3 is 20.1 Å². The topological polar surface area (TPSA) is 123 Å². The Kier molecular flexibility index (Phi) is 5.54. The van der Waals surface area contributed by atoms with Gasteiger partial charge in [-0.15, -0.1) is 0 Å². The molecule has 9 nitrogen and oxygen atoms in total. The highest BCUT2D eigenvalue weighted by Crippen LogP contribution is 2.40. The maximum atomic E-state index is 13.9. The lowest BCUT2D eigenvalue weighted by molar-refractivity contribution is -0.137. The van der Waals surface area contributed by atoms with Crippen molar-refractivity contribution in [3.63, 3.8) is 0 Å². The van der Waals surface area contributed by atoms with Gasteiger partial charge in [0.15, 0.2) is 0 Å². The minimum atomic E-state index is -4.69. The van der Waals surface area contributed by atoms with Gasteiger partial charge >= 0.3 is 11.9 Å². The fraction of sp³-hybridized carbons (Fsp3) is 0.200. The molecule has 0 atom stereocenters. The van der Waals surface area contributed by atoms with Gasteiger partial charge in [0.1, 0.15) is 5.76 Å². The van der Waals surface area contributed by atoms with Gasteiger partial charge in [0.2, 0.25) is 5.91 Å². The predicted molar refractivity (Wildman–Crippen MR) is 132 cm³/mol. The molecule has 0 saturated carbocycles. The highest BCUT2D eigenvalue weighted by atomic mass is 19.4. The van der Waals surface area contributed by atoms with Crippen LogP contribution in [-0.2, 0) is 11.0 Å². The molecular weight excluding hydrogens is 489 g/mol. The molecule has 0 aliphatic heterocycles. The molecule has 0 bridgehead atoms. The van der Waals surface area contributed by atoms with E-state index in [2.05, 4.69) is 15.1 Å². The Morgan fingerprint density at radius 3 is 2.59 bits per heavy atom. The summed E-state index contributed by atoms with van der Waals surface area (Å²) in [5.74, 6) is -0.0504. The van der Waals surface area contributed by atoms with E-state index in [9.17, 15) is 22.8 Å². The average Bonchev–Trinajstić information content (AvgIpc) is 3.34. The number of hydrogen-bond acceptors (Lipinski definition) is 6. The summed E-state index contributed by atoms with van der Waals surface area (Å²) in [6, 6.07) is 8.26. The van der Waals surface area contributed by atoms with Crippen LogP contribution in [0.15, 0.2) is 51.9 Å². The predicted octanol–water partition coefficient (Wildman–Crippen LogP) is 4.08. The smallest absolute Gasteiger partial charge is 0.368 e. The second-order valence-corrected chi connectivity index (χ2v) is 8.71. The summed E-state index contributed by atoms with van der Waals surface area (Å²) < 4.78 is 47.9. The number of imidazole rings is 1. The number of nitrogens with one attached hydrogen (secondary N) is 1. The van der Waals surface area contributed by atoms with Gasteiger partial charge in [0.25, 0.3) is 0 Å². The van der Waals surface area contributed by atoms with Crippen molar-refractivity contribution in [1.29, 1.82) is 0 Å². The third-order valence-corrected chi connectivity index (χ3v) is 6.18. The minimum Gasteiger partial charge on any atom is -0.368 e. The van der Waals surface area contributed by atoms with E-state index in [0.717, 1.165) is 10.6 Å². The Labute approximate surface area is 207 Å². The largest absolute Gasteiger partial charge is 0.418 e. The third kappa shape index (κ3) is 3.99. The van der Waals surface area contributed by atoms with Gasteiger partial charge in [-0.3, -0.25) is 14.3 Å². The number of rotatable bonds is 5.